The van der Waals surface area contributed by atoms with E-state index < -0.39 is 0 Å². The highest BCUT2D eigenvalue weighted by molar-refractivity contribution is 5.62. The lowest BCUT2D eigenvalue weighted by atomic mass is 10.1. The molecule has 1 aliphatic rings. The van der Waals surface area contributed by atoms with Gasteiger partial charge in [0.05, 0.1) is 5.69 Å². The zero-order valence-electron chi connectivity index (χ0n) is 9.71. The second-order valence-corrected chi connectivity index (χ2v) is 4.10. The Labute approximate surface area is 105 Å². The van der Waals surface area contributed by atoms with Crippen LogP contribution in [0.4, 0.5) is 5.69 Å². The number of ether oxygens (including phenoxy) is 1. The summed E-state index contributed by atoms with van der Waals surface area (Å²) in [6, 6.07) is 14.9. The fraction of sp³-hybridized carbons (Fsp3) is 0.0667. The van der Waals surface area contributed by atoms with E-state index in [9.17, 15) is 5.11 Å². The number of phenols is 1. The van der Waals surface area contributed by atoms with Gasteiger partial charge in [0.25, 0.3) is 0 Å². The summed E-state index contributed by atoms with van der Waals surface area (Å²) >= 11 is 0. The Morgan fingerprint density at radius 3 is 2.67 bits per heavy atom. The lowest BCUT2D eigenvalue weighted by Gasteiger charge is -2.23. The van der Waals surface area contributed by atoms with Crippen LogP contribution in [-0.4, -0.2) is 11.3 Å². The molecule has 0 saturated heterocycles. The number of rotatable bonds is 2. The molecule has 3 heteroatoms. The van der Waals surface area contributed by atoms with Gasteiger partial charge in [0.1, 0.15) is 11.5 Å². The molecule has 18 heavy (non-hydrogen) atoms. The zero-order valence-corrected chi connectivity index (χ0v) is 9.71. The summed E-state index contributed by atoms with van der Waals surface area (Å²) in [7, 11) is 0. The van der Waals surface area contributed by atoms with Gasteiger partial charge in [-0.3, -0.25) is 0 Å². The molecule has 2 N–H and O–H groups in total. The van der Waals surface area contributed by atoms with Crippen molar-refractivity contribution < 1.29 is 9.84 Å². The van der Waals surface area contributed by atoms with Gasteiger partial charge in [-0.2, -0.15) is 0 Å². The number of aromatic hydroxyl groups is 1. The minimum atomic E-state index is -0.270. The first-order valence-corrected chi connectivity index (χ1v) is 5.81. The van der Waals surface area contributed by atoms with Crippen LogP contribution < -0.4 is 10.1 Å². The van der Waals surface area contributed by atoms with Gasteiger partial charge in [-0.1, -0.05) is 30.3 Å². The van der Waals surface area contributed by atoms with Gasteiger partial charge in [0, 0.05) is 5.56 Å². The van der Waals surface area contributed by atoms with Crippen LogP contribution >= 0.6 is 0 Å². The SMILES string of the molecule is Oc1ccccc1NC1C=Cc2ccccc2O1. The maximum absolute atomic E-state index is 9.69. The van der Waals surface area contributed by atoms with Crippen molar-refractivity contribution in [3.8, 4) is 11.5 Å². The topological polar surface area (TPSA) is 41.5 Å². The smallest absolute Gasteiger partial charge is 0.189 e. The standard InChI is InChI=1S/C15H13NO2/c17-13-7-3-2-6-12(13)16-15-10-9-11-5-1-4-8-14(11)18-15/h1-10,15-17H. The van der Waals surface area contributed by atoms with Crippen LogP contribution in [0.3, 0.4) is 0 Å². The van der Waals surface area contributed by atoms with Crippen LogP contribution in [0.25, 0.3) is 6.08 Å². The molecule has 2 aromatic carbocycles. The molecule has 0 spiro atoms. The monoisotopic (exact) mass is 239 g/mol. The summed E-state index contributed by atoms with van der Waals surface area (Å²) < 4.78 is 5.78. The van der Waals surface area contributed by atoms with Gasteiger partial charge in [-0.05, 0) is 30.4 Å². The Bertz CT molecular complexity index is 593. The molecule has 0 amide bonds. The molecule has 0 fully saturated rings. The summed E-state index contributed by atoms with van der Waals surface area (Å²) in [5.41, 5.74) is 1.72. The van der Waals surface area contributed by atoms with Gasteiger partial charge >= 0.3 is 0 Å². The first-order valence-electron chi connectivity index (χ1n) is 5.81. The number of hydrogen-bond acceptors (Lipinski definition) is 3. The summed E-state index contributed by atoms with van der Waals surface area (Å²) in [6.45, 7) is 0. The average Bonchev–Trinajstić information content (AvgIpc) is 2.41. The normalized spacial score (nSPS) is 16.8. The number of nitrogens with one attached hydrogen (secondary N) is 1. The van der Waals surface area contributed by atoms with Crippen molar-refractivity contribution in [2.45, 2.75) is 6.23 Å². The van der Waals surface area contributed by atoms with Crippen molar-refractivity contribution >= 4 is 11.8 Å². The predicted octanol–water partition coefficient (Wildman–Crippen LogP) is 3.24. The number of phenolic OH excluding ortho intramolecular Hbond substituents is 1. The molecule has 0 bridgehead atoms. The number of fused-ring (bicyclic) bond motifs is 1. The molecule has 3 nitrogen and oxygen atoms in total. The first-order chi connectivity index (χ1) is 8.83. The fourth-order valence-corrected chi connectivity index (χ4v) is 1.92. The Hall–Kier alpha value is -2.42. The molecular formula is C15H13NO2. The Balaban J connectivity index is 1.80. The summed E-state index contributed by atoms with van der Waals surface area (Å²) in [5, 5.41) is 12.8. The number of anilines is 1. The lowest BCUT2D eigenvalue weighted by Crippen LogP contribution is -2.25. The van der Waals surface area contributed by atoms with Crippen LogP contribution in [0.2, 0.25) is 0 Å². The van der Waals surface area contributed by atoms with E-state index in [1.165, 1.54) is 0 Å². The summed E-state index contributed by atoms with van der Waals surface area (Å²) in [5.74, 6) is 1.06. The van der Waals surface area contributed by atoms with E-state index in [-0.39, 0.29) is 12.0 Å². The van der Waals surface area contributed by atoms with Crippen molar-refractivity contribution in [2.75, 3.05) is 5.32 Å². The van der Waals surface area contributed by atoms with E-state index in [4.69, 9.17) is 4.74 Å². The van der Waals surface area contributed by atoms with E-state index in [1.807, 2.05) is 48.6 Å². The van der Waals surface area contributed by atoms with Gasteiger partial charge in [-0.15, -0.1) is 0 Å². The van der Waals surface area contributed by atoms with Crippen molar-refractivity contribution in [1.82, 2.24) is 0 Å². The minimum absolute atomic E-state index is 0.216. The average molecular weight is 239 g/mol. The molecule has 3 rings (SSSR count). The molecule has 0 radical (unpaired) electrons. The fourth-order valence-electron chi connectivity index (χ4n) is 1.92. The minimum Gasteiger partial charge on any atom is -0.506 e. The van der Waals surface area contributed by atoms with E-state index in [0.29, 0.717) is 5.69 Å². The number of hydrogen-bond donors (Lipinski definition) is 2. The molecule has 1 atom stereocenters. The molecule has 1 heterocycles. The van der Waals surface area contributed by atoms with E-state index in [2.05, 4.69) is 5.32 Å². The largest absolute Gasteiger partial charge is 0.506 e. The Kier molecular flexibility index (Phi) is 2.65. The summed E-state index contributed by atoms with van der Waals surface area (Å²) in [4.78, 5) is 0. The van der Waals surface area contributed by atoms with Crippen LogP contribution in [0.1, 0.15) is 5.56 Å². The maximum atomic E-state index is 9.69. The second-order valence-electron chi connectivity index (χ2n) is 4.10. The van der Waals surface area contributed by atoms with Crippen molar-refractivity contribution in [2.24, 2.45) is 0 Å². The zero-order chi connectivity index (χ0) is 12.4. The van der Waals surface area contributed by atoms with Gasteiger partial charge in [0.15, 0.2) is 6.23 Å². The molecule has 1 aliphatic heterocycles. The van der Waals surface area contributed by atoms with E-state index in [0.717, 1.165) is 11.3 Å². The third kappa shape index (κ3) is 2.02. The third-order valence-electron chi connectivity index (χ3n) is 2.83. The number of benzene rings is 2. The third-order valence-corrected chi connectivity index (χ3v) is 2.83. The molecule has 1 unspecified atom stereocenters. The van der Waals surface area contributed by atoms with Gasteiger partial charge < -0.3 is 15.2 Å². The molecular weight excluding hydrogens is 226 g/mol. The van der Waals surface area contributed by atoms with Crippen LogP contribution in [-0.2, 0) is 0 Å². The van der Waals surface area contributed by atoms with Crippen LogP contribution in [0, 0.1) is 0 Å². The van der Waals surface area contributed by atoms with Crippen LogP contribution in [0.15, 0.2) is 54.6 Å². The Morgan fingerprint density at radius 1 is 1.00 bits per heavy atom. The van der Waals surface area contributed by atoms with Gasteiger partial charge in [0.2, 0.25) is 0 Å². The van der Waals surface area contributed by atoms with Gasteiger partial charge in [-0.25, -0.2) is 0 Å². The second kappa shape index (κ2) is 4.45. The predicted molar refractivity (Wildman–Crippen MR) is 71.6 cm³/mol. The molecule has 0 aliphatic carbocycles. The van der Waals surface area contributed by atoms with Crippen molar-refractivity contribution in [1.29, 1.82) is 0 Å². The quantitative estimate of drug-likeness (QED) is 0.790. The lowest BCUT2D eigenvalue weighted by molar-refractivity contribution is 0.273. The first kappa shape index (κ1) is 10.7. The molecule has 2 aromatic rings. The highest BCUT2D eigenvalue weighted by Crippen LogP contribution is 2.28. The molecule has 90 valence electrons. The molecule has 0 aromatic heterocycles. The van der Waals surface area contributed by atoms with E-state index >= 15 is 0 Å². The highest BCUT2D eigenvalue weighted by Gasteiger charge is 2.14. The van der Waals surface area contributed by atoms with Crippen molar-refractivity contribution in [3.05, 3.63) is 60.2 Å². The maximum Gasteiger partial charge on any atom is 0.189 e. The highest BCUT2D eigenvalue weighted by atomic mass is 16.5. The Morgan fingerprint density at radius 2 is 1.78 bits per heavy atom. The number of para-hydroxylation sites is 3. The summed E-state index contributed by atoms with van der Waals surface area (Å²) in [6.07, 6.45) is 3.67. The van der Waals surface area contributed by atoms with Crippen LogP contribution in [0.5, 0.6) is 11.5 Å². The van der Waals surface area contributed by atoms with Crippen molar-refractivity contribution in [3.63, 3.8) is 0 Å². The molecule has 0 saturated carbocycles. The van der Waals surface area contributed by atoms with E-state index in [1.54, 1.807) is 12.1 Å².